The number of hydrogen-bond acceptors (Lipinski definition) is 1. The lowest BCUT2D eigenvalue weighted by molar-refractivity contribution is 1.04. The lowest BCUT2D eigenvalue weighted by Gasteiger charge is -2.10. The highest BCUT2D eigenvalue weighted by atomic mass is 15.2. The van der Waals surface area contributed by atoms with Crippen molar-refractivity contribution in [3.63, 3.8) is 0 Å². The molecule has 0 saturated carbocycles. The van der Waals surface area contributed by atoms with Gasteiger partial charge in [0.2, 0.25) is 5.78 Å². The van der Waals surface area contributed by atoms with Gasteiger partial charge in [0.15, 0.2) is 0 Å². The minimum absolute atomic E-state index is 0.975. The van der Waals surface area contributed by atoms with E-state index in [2.05, 4.69) is 83.5 Å². The van der Waals surface area contributed by atoms with Gasteiger partial charge in [-0.1, -0.05) is 44.2 Å². The van der Waals surface area contributed by atoms with Crippen molar-refractivity contribution in [2.75, 3.05) is 0 Å². The summed E-state index contributed by atoms with van der Waals surface area (Å²) in [6, 6.07) is 23.8. The average molecular weight is 339 g/mol. The third kappa shape index (κ3) is 2.10. The van der Waals surface area contributed by atoms with Crippen LogP contribution in [0, 0.1) is 0 Å². The second kappa shape index (κ2) is 5.73. The zero-order chi connectivity index (χ0) is 17.7. The molecule has 0 aliphatic rings. The van der Waals surface area contributed by atoms with Gasteiger partial charge in [-0.15, -0.1) is 0 Å². The number of fused-ring (bicyclic) bond motifs is 5. The zero-order valence-electron chi connectivity index (χ0n) is 15.1. The molecule has 3 heteroatoms. The number of hydrogen-bond donors (Lipinski definition) is 0. The second-order valence-corrected chi connectivity index (χ2v) is 6.77. The largest absolute Gasteiger partial charge is 0.278 e. The third-order valence-corrected chi connectivity index (χ3v) is 5.22. The van der Waals surface area contributed by atoms with Crippen LogP contribution in [0.2, 0.25) is 0 Å². The second-order valence-electron chi connectivity index (χ2n) is 6.77. The molecule has 0 atom stereocenters. The van der Waals surface area contributed by atoms with Gasteiger partial charge in [0.05, 0.1) is 22.1 Å². The van der Waals surface area contributed by atoms with Crippen LogP contribution in [0.5, 0.6) is 0 Å². The van der Waals surface area contributed by atoms with Gasteiger partial charge in [0.25, 0.3) is 0 Å². The normalized spacial score (nSPS) is 11.8. The molecule has 0 aliphatic heterocycles. The van der Waals surface area contributed by atoms with E-state index in [1.807, 2.05) is 6.07 Å². The monoisotopic (exact) mass is 339 g/mol. The Kier molecular flexibility index (Phi) is 3.35. The van der Waals surface area contributed by atoms with Crippen LogP contribution >= 0.6 is 0 Å². The van der Waals surface area contributed by atoms with Crippen molar-refractivity contribution in [2.24, 2.45) is 0 Å². The van der Waals surface area contributed by atoms with Crippen molar-refractivity contribution in [3.05, 3.63) is 77.9 Å². The van der Waals surface area contributed by atoms with Gasteiger partial charge in [-0.25, -0.2) is 4.98 Å². The molecule has 128 valence electrons. The van der Waals surface area contributed by atoms with Gasteiger partial charge in [0.1, 0.15) is 0 Å². The topological polar surface area (TPSA) is 22.2 Å². The van der Waals surface area contributed by atoms with E-state index in [0.29, 0.717) is 0 Å². The molecule has 0 aliphatic carbocycles. The van der Waals surface area contributed by atoms with E-state index < -0.39 is 0 Å². The Bertz CT molecular complexity index is 1230. The predicted molar refractivity (Wildman–Crippen MR) is 108 cm³/mol. The van der Waals surface area contributed by atoms with E-state index in [4.69, 9.17) is 4.98 Å². The maximum absolute atomic E-state index is 4.97. The number of imidazole rings is 2. The van der Waals surface area contributed by atoms with Gasteiger partial charge in [-0.3, -0.25) is 8.97 Å². The minimum atomic E-state index is 0.975. The van der Waals surface area contributed by atoms with E-state index in [1.54, 1.807) is 0 Å². The lowest BCUT2D eigenvalue weighted by atomic mass is 10.1. The Morgan fingerprint density at radius 1 is 0.731 bits per heavy atom. The van der Waals surface area contributed by atoms with Gasteiger partial charge >= 0.3 is 0 Å². The number of para-hydroxylation sites is 4. The fourth-order valence-electron chi connectivity index (χ4n) is 3.89. The van der Waals surface area contributed by atoms with Crippen LogP contribution in [-0.2, 0) is 12.8 Å². The van der Waals surface area contributed by atoms with Gasteiger partial charge < -0.3 is 0 Å². The number of aryl methyl sites for hydroxylation is 2. The van der Waals surface area contributed by atoms with Crippen molar-refractivity contribution >= 4 is 27.8 Å². The quantitative estimate of drug-likeness (QED) is 0.422. The van der Waals surface area contributed by atoms with E-state index in [0.717, 1.165) is 29.7 Å². The number of benzene rings is 3. The van der Waals surface area contributed by atoms with Gasteiger partial charge in [0, 0.05) is 5.69 Å². The Hall–Kier alpha value is -3.07. The molecule has 0 radical (unpaired) electrons. The fourth-order valence-corrected chi connectivity index (χ4v) is 3.89. The fraction of sp³-hybridized carbons (Fsp3) is 0.174. The Morgan fingerprint density at radius 2 is 1.35 bits per heavy atom. The van der Waals surface area contributed by atoms with Crippen LogP contribution in [0.3, 0.4) is 0 Å². The molecule has 3 nitrogen and oxygen atoms in total. The number of aromatic nitrogens is 3. The summed E-state index contributed by atoms with van der Waals surface area (Å²) >= 11 is 0. The van der Waals surface area contributed by atoms with Crippen LogP contribution in [0.4, 0.5) is 0 Å². The highest BCUT2D eigenvalue weighted by Crippen LogP contribution is 2.29. The molecule has 0 fully saturated rings. The predicted octanol–water partition coefficient (Wildman–Crippen LogP) is 5.56. The maximum Gasteiger partial charge on any atom is 0.220 e. The molecular weight excluding hydrogens is 318 g/mol. The van der Waals surface area contributed by atoms with Crippen molar-refractivity contribution in [3.8, 4) is 5.69 Å². The van der Waals surface area contributed by atoms with Crippen molar-refractivity contribution in [1.29, 1.82) is 0 Å². The Balaban J connectivity index is 1.96. The SMILES string of the molecule is CCc1cc(CC)cc(-n2c3ccccc3n3c4ccccc4nc23)c1. The van der Waals surface area contributed by atoms with Crippen LogP contribution in [0.1, 0.15) is 25.0 Å². The summed E-state index contributed by atoms with van der Waals surface area (Å²) in [5.74, 6) is 0.975. The van der Waals surface area contributed by atoms with E-state index in [1.165, 1.54) is 27.8 Å². The minimum Gasteiger partial charge on any atom is -0.278 e. The summed E-state index contributed by atoms with van der Waals surface area (Å²) in [6.45, 7) is 4.43. The number of rotatable bonds is 3. The first kappa shape index (κ1) is 15.2. The Labute approximate surface area is 152 Å². The Morgan fingerprint density at radius 3 is 2.04 bits per heavy atom. The van der Waals surface area contributed by atoms with Crippen LogP contribution < -0.4 is 0 Å². The van der Waals surface area contributed by atoms with E-state index in [-0.39, 0.29) is 0 Å². The molecule has 2 heterocycles. The molecular formula is C23H21N3. The third-order valence-electron chi connectivity index (χ3n) is 5.22. The molecule has 5 aromatic rings. The van der Waals surface area contributed by atoms with Gasteiger partial charge in [-0.05, 0) is 60.4 Å². The maximum atomic E-state index is 4.97. The molecule has 3 aromatic carbocycles. The molecule has 5 rings (SSSR count). The standard InChI is InChI=1S/C23H21N3/c1-3-16-13-17(4-2)15-18(14-16)25-21-11-7-8-12-22(21)26-20-10-6-5-9-19(20)24-23(25)26/h5-15H,3-4H2,1-2H3. The van der Waals surface area contributed by atoms with Crippen molar-refractivity contribution in [1.82, 2.24) is 14.0 Å². The first-order valence-corrected chi connectivity index (χ1v) is 9.30. The first-order valence-electron chi connectivity index (χ1n) is 9.30. The lowest BCUT2D eigenvalue weighted by Crippen LogP contribution is -1.98. The van der Waals surface area contributed by atoms with Crippen molar-refractivity contribution in [2.45, 2.75) is 26.7 Å². The summed E-state index contributed by atoms with van der Waals surface area (Å²) in [6.07, 6.45) is 2.07. The molecule has 0 bridgehead atoms. The summed E-state index contributed by atoms with van der Waals surface area (Å²) < 4.78 is 4.57. The highest BCUT2D eigenvalue weighted by molar-refractivity contribution is 5.92. The van der Waals surface area contributed by atoms with Crippen molar-refractivity contribution < 1.29 is 0 Å². The molecule has 2 aromatic heterocycles. The molecule has 0 amide bonds. The van der Waals surface area contributed by atoms with Gasteiger partial charge in [-0.2, -0.15) is 0 Å². The smallest absolute Gasteiger partial charge is 0.220 e. The molecule has 0 spiro atoms. The van der Waals surface area contributed by atoms with Crippen LogP contribution in [0.25, 0.3) is 33.5 Å². The molecule has 26 heavy (non-hydrogen) atoms. The summed E-state index contributed by atoms with van der Waals surface area (Å²) in [4.78, 5) is 4.97. The summed E-state index contributed by atoms with van der Waals surface area (Å²) in [5.41, 5.74) is 8.50. The van der Waals surface area contributed by atoms with Crippen LogP contribution in [-0.4, -0.2) is 14.0 Å². The zero-order valence-corrected chi connectivity index (χ0v) is 15.1. The van der Waals surface area contributed by atoms with E-state index in [9.17, 15) is 0 Å². The van der Waals surface area contributed by atoms with E-state index >= 15 is 0 Å². The average Bonchev–Trinajstić information content (AvgIpc) is 3.21. The molecule has 0 unspecified atom stereocenters. The molecule has 0 saturated heterocycles. The highest BCUT2D eigenvalue weighted by Gasteiger charge is 2.17. The van der Waals surface area contributed by atoms with Crippen LogP contribution in [0.15, 0.2) is 66.7 Å². The summed E-state index contributed by atoms with van der Waals surface area (Å²) in [7, 11) is 0. The first-order chi connectivity index (χ1) is 12.8. The summed E-state index contributed by atoms with van der Waals surface area (Å²) in [5, 5.41) is 0. The molecule has 0 N–H and O–H groups in total. The number of nitrogens with zero attached hydrogens (tertiary/aromatic N) is 3.